The zero-order valence-corrected chi connectivity index (χ0v) is 18.3. The second kappa shape index (κ2) is 8.75. The minimum atomic E-state index is -0.328. The van der Waals surface area contributed by atoms with Crippen LogP contribution in [-0.4, -0.2) is 22.8 Å². The molecule has 2 aromatic heterocycles. The quantitative estimate of drug-likeness (QED) is 0.453. The number of benzene rings is 2. The van der Waals surface area contributed by atoms with E-state index in [-0.39, 0.29) is 17.2 Å². The Morgan fingerprint density at radius 2 is 1.90 bits per heavy atom. The monoisotopic (exact) mass is 451 g/mol. The van der Waals surface area contributed by atoms with Gasteiger partial charge in [0, 0.05) is 5.02 Å². The maximum absolute atomic E-state index is 13.2. The van der Waals surface area contributed by atoms with E-state index in [1.54, 1.807) is 74.7 Å². The highest BCUT2D eigenvalue weighted by Crippen LogP contribution is 2.30. The predicted octanol–water partition coefficient (Wildman–Crippen LogP) is 5.18. The molecule has 8 heteroatoms. The van der Waals surface area contributed by atoms with Gasteiger partial charge in [0.2, 0.25) is 5.43 Å². The van der Waals surface area contributed by atoms with Crippen LogP contribution in [0.15, 0.2) is 70.8 Å². The summed E-state index contributed by atoms with van der Waals surface area (Å²) in [6, 6.07) is 17.6. The van der Waals surface area contributed by atoms with Gasteiger partial charge in [0.1, 0.15) is 17.3 Å². The normalized spacial score (nSPS) is 10.7. The fourth-order valence-electron chi connectivity index (χ4n) is 3.15. The number of thiophene rings is 1. The first kappa shape index (κ1) is 20.8. The molecule has 0 unspecified atom stereocenters. The molecule has 4 rings (SSSR count). The van der Waals surface area contributed by atoms with Gasteiger partial charge in [-0.1, -0.05) is 35.9 Å². The van der Waals surface area contributed by atoms with Crippen molar-refractivity contribution < 1.29 is 9.53 Å². The molecule has 6 nitrogen and oxygen atoms in total. The summed E-state index contributed by atoms with van der Waals surface area (Å²) in [5.41, 5.74) is 1.60. The summed E-state index contributed by atoms with van der Waals surface area (Å²) < 4.78 is 6.77. The van der Waals surface area contributed by atoms with Gasteiger partial charge in [-0.25, -0.2) is 4.68 Å². The van der Waals surface area contributed by atoms with Crippen molar-refractivity contribution in [3.8, 4) is 22.6 Å². The molecule has 1 N–H and O–H groups in total. The van der Waals surface area contributed by atoms with Crippen molar-refractivity contribution >= 4 is 34.7 Å². The van der Waals surface area contributed by atoms with Gasteiger partial charge >= 0.3 is 0 Å². The fourth-order valence-corrected chi connectivity index (χ4v) is 3.96. The zero-order chi connectivity index (χ0) is 22.0. The average Bonchev–Trinajstić information content (AvgIpc) is 3.32. The third-order valence-electron chi connectivity index (χ3n) is 4.66. The van der Waals surface area contributed by atoms with Crippen molar-refractivity contribution in [2.24, 2.45) is 0 Å². The van der Waals surface area contributed by atoms with Crippen LogP contribution in [0.1, 0.15) is 15.4 Å². The molecule has 156 valence electrons. The van der Waals surface area contributed by atoms with Crippen LogP contribution in [0.2, 0.25) is 5.02 Å². The molecule has 0 saturated heterocycles. The van der Waals surface area contributed by atoms with E-state index in [0.717, 1.165) is 0 Å². The van der Waals surface area contributed by atoms with Crippen LogP contribution < -0.4 is 15.5 Å². The molecule has 0 bridgehead atoms. The maximum Gasteiger partial charge on any atom is 0.266 e. The van der Waals surface area contributed by atoms with Gasteiger partial charge in [-0.05, 0) is 54.3 Å². The van der Waals surface area contributed by atoms with E-state index in [2.05, 4.69) is 10.4 Å². The number of aryl methyl sites for hydroxylation is 1. The molecule has 0 radical (unpaired) electrons. The summed E-state index contributed by atoms with van der Waals surface area (Å²) in [7, 11) is 1.57. The molecule has 31 heavy (non-hydrogen) atoms. The van der Waals surface area contributed by atoms with Crippen molar-refractivity contribution in [1.29, 1.82) is 0 Å². The van der Waals surface area contributed by atoms with Gasteiger partial charge in [-0.2, -0.15) is 5.10 Å². The molecule has 0 saturated carbocycles. The van der Waals surface area contributed by atoms with E-state index < -0.39 is 0 Å². The molecular weight excluding hydrogens is 434 g/mol. The molecule has 0 aliphatic rings. The molecular formula is C23H18ClN3O3S. The number of halogens is 1. The predicted molar refractivity (Wildman–Crippen MR) is 124 cm³/mol. The number of carbonyl (C=O) groups is 1. The largest absolute Gasteiger partial charge is 0.497 e. The second-order valence-corrected chi connectivity index (χ2v) is 8.07. The van der Waals surface area contributed by atoms with Gasteiger partial charge in [0.05, 0.1) is 23.2 Å². The number of anilines is 1. The van der Waals surface area contributed by atoms with E-state index in [1.165, 1.54) is 16.0 Å². The van der Waals surface area contributed by atoms with Crippen LogP contribution in [0.25, 0.3) is 16.8 Å². The number of amides is 1. The average molecular weight is 452 g/mol. The summed E-state index contributed by atoms with van der Waals surface area (Å²) >= 11 is 7.50. The second-order valence-electron chi connectivity index (χ2n) is 6.69. The van der Waals surface area contributed by atoms with Crippen LogP contribution >= 0.6 is 22.9 Å². The van der Waals surface area contributed by atoms with E-state index in [1.807, 2.05) is 5.38 Å². The number of nitrogens with one attached hydrogen (secondary N) is 1. The first-order valence-electron chi connectivity index (χ1n) is 9.37. The van der Waals surface area contributed by atoms with Gasteiger partial charge in [0.25, 0.3) is 5.91 Å². The van der Waals surface area contributed by atoms with E-state index in [0.29, 0.717) is 38.2 Å². The Morgan fingerprint density at radius 1 is 1.13 bits per heavy atom. The van der Waals surface area contributed by atoms with Crippen molar-refractivity contribution in [3.05, 3.63) is 91.9 Å². The molecule has 2 aromatic carbocycles. The van der Waals surface area contributed by atoms with Crippen LogP contribution in [0.4, 0.5) is 5.82 Å². The highest BCUT2D eigenvalue weighted by Gasteiger charge is 2.21. The standard InChI is InChI=1S/C23H18ClN3O3S/c1-14-21(28)20(15-8-10-18(30-2)11-9-15)22(25-23(29)19-7-4-12-31-19)27(26-14)17-6-3-5-16(24)13-17/h3-13H,1-2H3,(H,25,29). The minimum Gasteiger partial charge on any atom is -0.497 e. The molecule has 0 aliphatic heterocycles. The summed E-state index contributed by atoms with van der Waals surface area (Å²) in [4.78, 5) is 26.6. The van der Waals surface area contributed by atoms with Crippen molar-refractivity contribution in [3.63, 3.8) is 0 Å². The Kier molecular flexibility index (Phi) is 5.88. The Labute approximate surface area is 187 Å². The lowest BCUT2D eigenvalue weighted by Gasteiger charge is -2.18. The maximum atomic E-state index is 13.2. The van der Waals surface area contributed by atoms with Crippen LogP contribution in [-0.2, 0) is 0 Å². The third kappa shape index (κ3) is 4.23. The zero-order valence-electron chi connectivity index (χ0n) is 16.8. The summed E-state index contributed by atoms with van der Waals surface area (Å²) in [6.45, 7) is 1.64. The van der Waals surface area contributed by atoms with E-state index in [9.17, 15) is 9.59 Å². The molecule has 4 aromatic rings. The first-order valence-corrected chi connectivity index (χ1v) is 10.6. The van der Waals surface area contributed by atoms with Gasteiger partial charge < -0.3 is 10.1 Å². The SMILES string of the molecule is COc1ccc(-c2c(NC(=O)c3cccs3)n(-c3cccc(Cl)c3)nc(C)c2=O)cc1. The van der Waals surface area contributed by atoms with Crippen LogP contribution in [0.3, 0.4) is 0 Å². The molecule has 1 amide bonds. The van der Waals surface area contributed by atoms with Crippen LogP contribution in [0.5, 0.6) is 5.75 Å². The Bertz CT molecular complexity index is 1300. The van der Waals surface area contributed by atoms with Gasteiger partial charge in [-0.15, -0.1) is 11.3 Å². The number of nitrogens with zero attached hydrogens (tertiary/aromatic N) is 2. The number of hydrogen-bond donors (Lipinski definition) is 1. The van der Waals surface area contributed by atoms with Crippen LogP contribution in [0, 0.1) is 6.92 Å². The Morgan fingerprint density at radius 3 is 2.55 bits per heavy atom. The first-order chi connectivity index (χ1) is 15.0. The fraction of sp³-hybridized carbons (Fsp3) is 0.0870. The molecule has 0 spiro atoms. The topological polar surface area (TPSA) is 73.2 Å². The van der Waals surface area contributed by atoms with Gasteiger partial charge in [0.15, 0.2) is 0 Å². The Hall–Kier alpha value is -3.42. The molecule has 0 atom stereocenters. The number of hydrogen-bond acceptors (Lipinski definition) is 5. The highest BCUT2D eigenvalue weighted by molar-refractivity contribution is 7.12. The minimum absolute atomic E-state index is 0.265. The number of ether oxygens (including phenoxy) is 1. The van der Waals surface area contributed by atoms with Crippen molar-refractivity contribution in [1.82, 2.24) is 9.78 Å². The lowest BCUT2D eigenvalue weighted by Crippen LogP contribution is -2.24. The summed E-state index contributed by atoms with van der Waals surface area (Å²) in [5, 5.41) is 9.67. The molecule has 0 fully saturated rings. The number of carbonyl (C=O) groups excluding carboxylic acids is 1. The van der Waals surface area contributed by atoms with E-state index in [4.69, 9.17) is 16.3 Å². The number of methoxy groups -OCH3 is 1. The Balaban J connectivity index is 1.97. The van der Waals surface area contributed by atoms with Crippen molar-refractivity contribution in [2.45, 2.75) is 6.92 Å². The van der Waals surface area contributed by atoms with Crippen molar-refractivity contribution in [2.75, 3.05) is 12.4 Å². The summed E-state index contributed by atoms with van der Waals surface area (Å²) in [6.07, 6.45) is 0. The smallest absolute Gasteiger partial charge is 0.266 e. The number of rotatable bonds is 5. The number of aromatic nitrogens is 2. The third-order valence-corrected chi connectivity index (χ3v) is 5.77. The highest BCUT2D eigenvalue weighted by atomic mass is 35.5. The molecule has 0 aliphatic carbocycles. The molecule has 2 heterocycles. The lowest BCUT2D eigenvalue weighted by atomic mass is 10.0. The van der Waals surface area contributed by atoms with E-state index >= 15 is 0 Å². The summed E-state index contributed by atoms with van der Waals surface area (Å²) in [5.74, 6) is 0.598. The van der Waals surface area contributed by atoms with Gasteiger partial charge in [-0.3, -0.25) is 9.59 Å². The lowest BCUT2D eigenvalue weighted by molar-refractivity contribution is 0.102.